The van der Waals surface area contributed by atoms with Gasteiger partial charge in [0, 0.05) is 15.7 Å². The van der Waals surface area contributed by atoms with E-state index in [2.05, 4.69) is 26.1 Å². The summed E-state index contributed by atoms with van der Waals surface area (Å²) in [7, 11) is 0. The number of aryl methyl sites for hydroxylation is 1. The Balaban J connectivity index is 2.02. The van der Waals surface area contributed by atoms with Crippen LogP contribution in [0.25, 0.3) is 22.8 Å². The number of rotatable bonds is 2. The minimum absolute atomic E-state index is 0.493. The highest BCUT2D eigenvalue weighted by molar-refractivity contribution is 9.10. The minimum atomic E-state index is 0.493. The van der Waals surface area contributed by atoms with E-state index in [-0.39, 0.29) is 0 Å². The van der Waals surface area contributed by atoms with Crippen molar-refractivity contribution < 1.29 is 4.52 Å². The molecule has 0 atom stereocenters. The maximum absolute atomic E-state index is 5.67. The number of anilines is 1. The first-order valence-electron chi connectivity index (χ1n) is 6.10. The quantitative estimate of drug-likeness (QED) is 0.720. The van der Waals surface area contributed by atoms with Gasteiger partial charge in [0.05, 0.1) is 5.56 Å². The van der Waals surface area contributed by atoms with E-state index in [0.29, 0.717) is 17.4 Å². The fraction of sp³-hybridized carbons (Fsp3) is 0.0667. The molecule has 0 radical (unpaired) electrons. The first kappa shape index (κ1) is 12.9. The highest BCUT2D eigenvalue weighted by Crippen LogP contribution is 2.30. The van der Waals surface area contributed by atoms with Crippen molar-refractivity contribution in [1.82, 2.24) is 10.1 Å². The summed E-state index contributed by atoms with van der Waals surface area (Å²) in [5.74, 6) is 1.04. The topological polar surface area (TPSA) is 64.9 Å². The van der Waals surface area contributed by atoms with Crippen LogP contribution in [0.5, 0.6) is 0 Å². The largest absolute Gasteiger partial charge is 0.399 e. The minimum Gasteiger partial charge on any atom is -0.399 e. The molecule has 3 rings (SSSR count). The Hall–Kier alpha value is -2.14. The van der Waals surface area contributed by atoms with Gasteiger partial charge in [0.15, 0.2) is 0 Å². The van der Waals surface area contributed by atoms with E-state index in [1.807, 2.05) is 49.4 Å². The van der Waals surface area contributed by atoms with E-state index >= 15 is 0 Å². The lowest BCUT2D eigenvalue weighted by Crippen LogP contribution is -1.86. The molecular weight excluding hydrogens is 318 g/mol. The summed E-state index contributed by atoms with van der Waals surface area (Å²) in [6.45, 7) is 2.02. The number of nitrogen functional groups attached to an aromatic ring is 1. The van der Waals surface area contributed by atoms with Gasteiger partial charge in [-0.25, -0.2) is 0 Å². The van der Waals surface area contributed by atoms with Crippen molar-refractivity contribution in [2.24, 2.45) is 0 Å². The van der Waals surface area contributed by atoms with Crippen molar-refractivity contribution in [2.75, 3.05) is 5.73 Å². The Labute approximate surface area is 124 Å². The standard InChI is InChI=1S/C15H12BrN3O/c1-9-3-2-4-12(13(9)16)15-18-14(19-20-15)10-5-7-11(17)8-6-10/h2-8H,17H2,1H3. The summed E-state index contributed by atoms with van der Waals surface area (Å²) < 4.78 is 6.31. The van der Waals surface area contributed by atoms with Crippen LogP contribution in [0.3, 0.4) is 0 Å². The van der Waals surface area contributed by atoms with Gasteiger partial charge in [-0.3, -0.25) is 0 Å². The molecule has 0 bridgehead atoms. The van der Waals surface area contributed by atoms with Gasteiger partial charge in [-0.15, -0.1) is 0 Å². The van der Waals surface area contributed by atoms with Crippen LogP contribution in [0.2, 0.25) is 0 Å². The Morgan fingerprint density at radius 1 is 1.10 bits per heavy atom. The van der Waals surface area contributed by atoms with E-state index in [9.17, 15) is 0 Å². The summed E-state index contributed by atoms with van der Waals surface area (Å²) in [4.78, 5) is 4.43. The Bertz CT molecular complexity index is 750. The molecule has 0 spiro atoms. The molecule has 2 N–H and O–H groups in total. The molecule has 0 amide bonds. The molecule has 2 aromatic carbocycles. The fourth-order valence-corrected chi connectivity index (χ4v) is 2.33. The van der Waals surface area contributed by atoms with Gasteiger partial charge in [0.1, 0.15) is 0 Å². The summed E-state index contributed by atoms with van der Waals surface area (Å²) in [6, 6.07) is 13.3. The predicted octanol–water partition coefficient (Wildman–Crippen LogP) is 4.06. The molecule has 0 fully saturated rings. The third kappa shape index (κ3) is 2.32. The van der Waals surface area contributed by atoms with Crippen molar-refractivity contribution in [3.8, 4) is 22.8 Å². The van der Waals surface area contributed by atoms with Crippen molar-refractivity contribution in [2.45, 2.75) is 6.92 Å². The summed E-state index contributed by atoms with van der Waals surface area (Å²) in [5.41, 5.74) is 9.26. The first-order valence-corrected chi connectivity index (χ1v) is 6.89. The van der Waals surface area contributed by atoms with Crippen molar-refractivity contribution >= 4 is 21.6 Å². The van der Waals surface area contributed by atoms with Crippen molar-refractivity contribution in [1.29, 1.82) is 0 Å². The number of hydrogen-bond donors (Lipinski definition) is 1. The molecule has 0 aliphatic carbocycles. The molecule has 1 aromatic heterocycles. The van der Waals surface area contributed by atoms with E-state index < -0.39 is 0 Å². The zero-order chi connectivity index (χ0) is 14.1. The molecule has 3 aromatic rings. The van der Waals surface area contributed by atoms with Gasteiger partial charge < -0.3 is 10.3 Å². The molecular formula is C15H12BrN3O. The van der Waals surface area contributed by atoms with Crippen LogP contribution in [-0.2, 0) is 0 Å². The summed E-state index contributed by atoms with van der Waals surface area (Å²) in [5, 5.41) is 4.02. The molecule has 100 valence electrons. The molecule has 0 saturated carbocycles. The average molecular weight is 330 g/mol. The van der Waals surface area contributed by atoms with Gasteiger partial charge in [0.2, 0.25) is 5.82 Å². The summed E-state index contributed by atoms with van der Waals surface area (Å²) >= 11 is 3.55. The molecule has 0 aliphatic rings. The highest BCUT2D eigenvalue weighted by atomic mass is 79.9. The lowest BCUT2D eigenvalue weighted by Gasteiger charge is -2.01. The zero-order valence-corrected chi connectivity index (χ0v) is 12.4. The second-order valence-electron chi connectivity index (χ2n) is 4.48. The zero-order valence-electron chi connectivity index (χ0n) is 10.8. The SMILES string of the molecule is Cc1cccc(-c2nc(-c3ccc(N)cc3)no2)c1Br. The van der Waals surface area contributed by atoms with Crippen molar-refractivity contribution in [3.63, 3.8) is 0 Å². The maximum Gasteiger partial charge on any atom is 0.259 e. The predicted molar refractivity (Wildman–Crippen MR) is 82.0 cm³/mol. The number of halogens is 1. The van der Waals surface area contributed by atoms with Gasteiger partial charge >= 0.3 is 0 Å². The smallest absolute Gasteiger partial charge is 0.259 e. The lowest BCUT2D eigenvalue weighted by atomic mass is 10.1. The second-order valence-corrected chi connectivity index (χ2v) is 5.27. The Morgan fingerprint density at radius 3 is 2.60 bits per heavy atom. The van der Waals surface area contributed by atoms with Crippen molar-refractivity contribution in [3.05, 3.63) is 52.5 Å². The monoisotopic (exact) mass is 329 g/mol. The number of hydrogen-bond acceptors (Lipinski definition) is 4. The van der Waals surface area contributed by atoms with E-state index in [0.717, 1.165) is 21.2 Å². The van der Waals surface area contributed by atoms with Gasteiger partial charge in [0.25, 0.3) is 5.89 Å². The van der Waals surface area contributed by atoms with Crippen LogP contribution >= 0.6 is 15.9 Å². The molecule has 0 unspecified atom stereocenters. The highest BCUT2D eigenvalue weighted by Gasteiger charge is 2.13. The van der Waals surface area contributed by atoms with Crippen LogP contribution < -0.4 is 5.73 Å². The number of aromatic nitrogens is 2. The molecule has 5 heteroatoms. The molecule has 20 heavy (non-hydrogen) atoms. The van der Waals surface area contributed by atoms with E-state index in [1.54, 1.807) is 0 Å². The third-order valence-electron chi connectivity index (χ3n) is 3.02. The molecule has 0 aliphatic heterocycles. The first-order chi connectivity index (χ1) is 9.65. The van der Waals surface area contributed by atoms with Crippen LogP contribution in [0.1, 0.15) is 5.56 Å². The van der Waals surface area contributed by atoms with Gasteiger partial charge in [-0.1, -0.05) is 17.3 Å². The lowest BCUT2D eigenvalue weighted by molar-refractivity contribution is 0.432. The molecule has 0 saturated heterocycles. The normalized spacial score (nSPS) is 10.7. The third-order valence-corrected chi connectivity index (χ3v) is 4.07. The van der Waals surface area contributed by atoms with Gasteiger partial charge in [-0.05, 0) is 58.7 Å². The molecule has 4 nitrogen and oxygen atoms in total. The fourth-order valence-electron chi connectivity index (χ4n) is 1.89. The van der Waals surface area contributed by atoms with Gasteiger partial charge in [-0.2, -0.15) is 4.98 Å². The number of benzene rings is 2. The number of nitrogens with zero attached hydrogens (tertiary/aromatic N) is 2. The summed E-state index contributed by atoms with van der Waals surface area (Å²) in [6.07, 6.45) is 0. The molecule has 1 heterocycles. The average Bonchev–Trinajstić information content (AvgIpc) is 2.92. The van der Waals surface area contributed by atoms with Crippen LogP contribution in [0.4, 0.5) is 5.69 Å². The van der Waals surface area contributed by atoms with Crippen LogP contribution in [0, 0.1) is 6.92 Å². The Kier molecular flexibility index (Phi) is 3.28. The van der Waals surface area contributed by atoms with E-state index in [4.69, 9.17) is 10.3 Å². The second kappa shape index (κ2) is 5.09. The Morgan fingerprint density at radius 2 is 1.85 bits per heavy atom. The van der Waals surface area contributed by atoms with E-state index in [1.165, 1.54) is 0 Å². The van der Waals surface area contributed by atoms with Crippen LogP contribution in [-0.4, -0.2) is 10.1 Å². The number of nitrogens with two attached hydrogens (primary N) is 1. The maximum atomic E-state index is 5.67. The van der Waals surface area contributed by atoms with Crippen LogP contribution in [0.15, 0.2) is 51.5 Å².